The van der Waals surface area contributed by atoms with Crippen molar-refractivity contribution in [1.29, 1.82) is 0 Å². The first-order chi connectivity index (χ1) is 9.88. The largest absolute Gasteiger partial charge is 0.377 e. The summed E-state index contributed by atoms with van der Waals surface area (Å²) in [5.74, 6) is 0. The van der Waals surface area contributed by atoms with Crippen molar-refractivity contribution in [3.8, 4) is 0 Å². The minimum absolute atomic E-state index is 0.0194. The van der Waals surface area contributed by atoms with E-state index in [0.29, 0.717) is 0 Å². The zero-order valence-corrected chi connectivity index (χ0v) is 13.6. The number of likely N-dealkylation sites (N-methyl/N-ethyl adjacent to an activating group) is 1. The van der Waals surface area contributed by atoms with Crippen LogP contribution in [-0.2, 0) is 0 Å². The van der Waals surface area contributed by atoms with Crippen LogP contribution < -0.4 is 5.43 Å². The predicted molar refractivity (Wildman–Crippen MR) is 91.3 cm³/mol. The van der Waals surface area contributed by atoms with Crippen LogP contribution >= 0.6 is 0 Å². The van der Waals surface area contributed by atoms with Gasteiger partial charge < -0.3 is 10.3 Å². The van der Waals surface area contributed by atoms with Crippen molar-refractivity contribution >= 4 is 11.8 Å². The van der Waals surface area contributed by atoms with Crippen LogP contribution in [0.3, 0.4) is 0 Å². The monoisotopic (exact) mass is 283 g/mol. The van der Waals surface area contributed by atoms with Crippen LogP contribution in [0.2, 0.25) is 0 Å². The Kier molecular flexibility index (Phi) is 4.51. The summed E-state index contributed by atoms with van der Waals surface area (Å²) >= 11 is 0. The lowest BCUT2D eigenvalue weighted by molar-refractivity contribution is 0.442. The minimum Gasteiger partial charge on any atom is -0.377 e. The second-order valence-corrected chi connectivity index (χ2v) is 6.57. The molecule has 0 aliphatic heterocycles. The summed E-state index contributed by atoms with van der Waals surface area (Å²) in [6.45, 7) is 6.30. The fourth-order valence-electron chi connectivity index (χ4n) is 2.34. The molecule has 1 aromatic rings. The molecule has 2 rings (SSSR count). The lowest BCUT2D eigenvalue weighted by Gasteiger charge is -2.18. The fourth-order valence-corrected chi connectivity index (χ4v) is 2.34. The van der Waals surface area contributed by atoms with Gasteiger partial charge in [-0.05, 0) is 44.4 Å². The predicted octanol–water partition coefficient (Wildman–Crippen LogP) is 3.64. The number of hydrazone groups is 1. The van der Waals surface area contributed by atoms with Crippen LogP contribution in [0.25, 0.3) is 5.57 Å². The second-order valence-electron chi connectivity index (χ2n) is 6.57. The van der Waals surface area contributed by atoms with Crippen LogP contribution in [0, 0.1) is 0 Å². The molecule has 21 heavy (non-hydrogen) atoms. The molecule has 0 unspecified atom stereocenters. The average molecular weight is 283 g/mol. The van der Waals surface area contributed by atoms with Gasteiger partial charge in [-0.3, -0.25) is 0 Å². The molecular formula is C18H25N3. The molecule has 0 atom stereocenters. The number of nitrogens with zero attached hydrogens (tertiary/aromatic N) is 2. The Hall–Kier alpha value is -2.03. The molecule has 1 N–H and O–H groups in total. The summed E-state index contributed by atoms with van der Waals surface area (Å²) < 4.78 is 0. The molecule has 0 saturated heterocycles. The van der Waals surface area contributed by atoms with E-state index in [1.54, 1.807) is 0 Å². The highest BCUT2D eigenvalue weighted by Gasteiger charge is 2.15. The van der Waals surface area contributed by atoms with Gasteiger partial charge in [0.2, 0.25) is 0 Å². The topological polar surface area (TPSA) is 27.6 Å². The van der Waals surface area contributed by atoms with Gasteiger partial charge in [-0.2, -0.15) is 5.10 Å². The molecule has 1 aliphatic carbocycles. The van der Waals surface area contributed by atoms with E-state index >= 15 is 0 Å². The minimum atomic E-state index is -0.0194. The molecule has 1 aliphatic rings. The van der Waals surface area contributed by atoms with Gasteiger partial charge in [-0.1, -0.05) is 30.3 Å². The average Bonchev–Trinajstić information content (AvgIpc) is 2.87. The zero-order valence-electron chi connectivity index (χ0n) is 13.6. The number of benzene rings is 1. The van der Waals surface area contributed by atoms with Crippen LogP contribution in [0.1, 0.15) is 38.3 Å². The van der Waals surface area contributed by atoms with Crippen molar-refractivity contribution in [2.75, 3.05) is 14.1 Å². The lowest BCUT2D eigenvalue weighted by Crippen LogP contribution is -2.31. The quantitative estimate of drug-likeness (QED) is 0.675. The Balaban J connectivity index is 2.32. The Bertz CT molecular complexity index is 587. The van der Waals surface area contributed by atoms with Gasteiger partial charge >= 0.3 is 0 Å². The van der Waals surface area contributed by atoms with E-state index in [0.717, 1.165) is 12.0 Å². The van der Waals surface area contributed by atoms with Gasteiger partial charge in [0.25, 0.3) is 0 Å². The molecule has 0 aromatic heterocycles. The summed E-state index contributed by atoms with van der Waals surface area (Å²) in [6, 6.07) is 8.43. The number of hydrogen-bond donors (Lipinski definition) is 1. The van der Waals surface area contributed by atoms with Crippen LogP contribution in [0.15, 0.2) is 47.2 Å². The van der Waals surface area contributed by atoms with Crippen molar-refractivity contribution in [3.05, 3.63) is 53.2 Å². The molecule has 0 spiro atoms. The van der Waals surface area contributed by atoms with Crippen molar-refractivity contribution in [3.63, 3.8) is 0 Å². The molecule has 3 nitrogen and oxygen atoms in total. The maximum absolute atomic E-state index is 4.38. The van der Waals surface area contributed by atoms with Gasteiger partial charge in [0, 0.05) is 30.9 Å². The van der Waals surface area contributed by atoms with E-state index in [1.807, 2.05) is 6.21 Å². The van der Waals surface area contributed by atoms with Crippen molar-refractivity contribution < 1.29 is 0 Å². The molecule has 0 bridgehead atoms. The highest BCUT2D eigenvalue weighted by atomic mass is 15.3. The summed E-state index contributed by atoms with van der Waals surface area (Å²) in [7, 11) is 4.17. The highest BCUT2D eigenvalue weighted by Crippen LogP contribution is 2.31. The summed E-state index contributed by atoms with van der Waals surface area (Å²) in [6.07, 6.45) is 7.30. The summed E-state index contributed by atoms with van der Waals surface area (Å²) in [5.41, 5.74) is 8.17. The van der Waals surface area contributed by atoms with Crippen molar-refractivity contribution in [1.82, 2.24) is 10.3 Å². The van der Waals surface area contributed by atoms with Crippen LogP contribution in [-0.4, -0.2) is 30.7 Å². The third-order valence-electron chi connectivity index (χ3n) is 3.28. The number of allylic oxidation sites excluding steroid dienone is 3. The molecular weight excluding hydrogens is 258 g/mol. The van der Waals surface area contributed by atoms with E-state index < -0.39 is 0 Å². The van der Waals surface area contributed by atoms with Crippen molar-refractivity contribution in [2.45, 2.75) is 32.7 Å². The maximum Gasteiger partial charge on any atom is 0.0546 e. The molecule has 112 valence electrons. The molecule has 3 heteroatoms. The summed E-state index contributed by atoms with van der Waals surface area (Å²) in [5, 5.41) is 4.38. The molecule has 0 amide bonds. The molecule has 0 fully saturated rings. The van der Waals surface area contributed by atoms with E-state index in [1.165, 1.54) is 16.8 Å². The Labute approximate surface area is 128 Å². The van der Waals surface area contributed by atoms with Gasteiger partial charge in [0.15, 0.2) is 0 Å². The third-order valence-corrected chi connectivity index (χ3v) is 3.28. The second kappa shape index (κ2) is 6.17. The number of rotatable bonds is 4. The molecule has 1 aromatic carbocycles. The van der Waals surface area contributed by atoms with Gasteiger partial charge in [-0.25, -0.2) is 0 Å². The third kappa shape index (κ3) is 3.97. The summed E-state index contributed by atoms with van der Waals surface area (Å²) in [4.78, 5) is 2.17. The Morgan fingerprint density at radius 3 is 2.57 bits per heavy atom. The van der Waals surface area contributed by atoms with Gasteiger partial charge in [0.05, 0.1) is 6.21 Å². The highest BCUT2D eigenvalue weighted by molar-refractivity contribution is 5.90. The first kappa shape index (κ1) is 15.4. The Morgan fingerprint density at radius 1 is 1.19 bits per heavy atom. The first-order valence-electron chi connectivity index (χ1n) is 7.35. The normalized spacial score (nSPS) is 15.1. The molecule has 0 radical (unpaired) electrons. The molecule has 0 saturated carbocycles. The van der Waals surface area contributed by atoms with Crippen LogP contribution in [0.4, 0.5) is 0 Å². The smallest absolute Gasteiger partial charge is 0.0546 e. The van der Waals surface area contributed by atoms with Gasteiger partial charge in [0.1, 0.15) is 0 Å². The first-order valence-corrected chi connectivity index (χ1v) is 7.35. The van der Waals surface area contributed by atoms with E-state index in [9.17, 15) is 0 Å². The number of hydrogen-bond acceptors (Lipinski definition) is 3. The Morgan fingerprint density at radius 2 is 1.90 bits per heavy atom. The van der Waals surface area contributed by atoms with E-state index in [-0.39, 0.29) is 5.54 Å². The SMILES string of the molecule is CN(C)C1=C(c2ccccc2/C=N/NC(C)(C)C)CC=C1. The van der Waals surface area contributed by atoms with E-state index in [2.05, 4.69) is 86.7 Å². The van der Waals surface area contributed by atoms with Crippen LogP contribution in [0.5, 0.6) is 0 Å². The number of nitrogens with one attached hydrogen (secondary N) is 1. The van der Waals surface area contributed by atoms with Crippen molar-refractivity contribution in [2.24, 2.45) is 5.10 Å². The maximum atomic E-state index is 4.38. The zero-order chi connectivity index (χ0) is 15.5. The standard InChI is InChI=1S/C18H25N3/c1-18(2,3)20-19-13-14-9-6-7-10-15(14)16-11-8-12-17(16)21(4)5/h6-10,12-13,20H,11H2,1-5H3/b19-13+. The molecule has 0 heterocycles. The fraction of sp³-hybridized carbons (Fsp3) is 0.389. The van der Waals surface area contributed by atoms with E-state index in [4.69, 9.17) is 0 Å². The lowest BCUT2D eigenvalue weighted by atomic mass is 9.98. The van der Waals surface area contributed by atoms with Gasteiger partial charge in [-0.15, -0.1) is 0 Å².